The van der Waals surface area contributed by atoms with Gasteiger partial charge in [0.2, 0.25) is 0 Å². The van der Waals surface area contributed by atoms with Crippen LogP contribution in [0.4, 0.5) is 0 Å². The van der Waals surface area contributed by atoms with Crippen LogP contribution in [0.25, 0.3) is 0 Å². The van der Waals surface area contributed by atoms with Crippen LogP contribution in [0.15, 0.2) is 0 Å². The fraction of sp³-hybridized carbons (Fsp3) is 1.00. The molecule has 0 aliphatic rings. The maximum atomic E-state index is 9.06. The molecule has 0 aromatic rings. The molecule has 7 nitrogen and oxygen atoms in total. The lowest BCUT2D eigenvalue weighted by molar-refractivity contribution is -0.267. The highest BCUT2D eigenvalue weighted by molar-refractivity contribution is 4.79. The predicted molar refractivity (Wildman–Crippen MR) is 39.7 cm³/mol. The molecular weight excluding hydrogens is 184 g/mol. The summed E-state index contributed by atoms with van der Waals surface area (Å²) < 4.78 is 0. The largest absolute Gasteiger partial charge is 0.394 e. The maximum Gasteiger partial charge on any atom is 0.111 e. The Morgan fingerprint density at radius 3 is 1.77 bits per heavy atom. The van der Waals surface area contributed by atoms with Crippen molar-refractivity contribution in [2.24, 2.45) is 0 Å². The summed E-state index contributed by atoms with van der Waals surface area (Å²) in [6.45, 7) is -1.35. The van der Waals surface area contributed by atoms with Gasteiger partial charge in [-0.15, -0.1) is 0 Å². The second kappa shape index (κ2) is 6.22. The lowest BCUT2D eigenvalue weighted by Gasteiger charge is -2.24. The average Bonchev–Trinajstić information content (AvgIpc) is 2.14. The molecule has 7 heteroatoms. The normalized spacial score (nSPS) is 20.8. The Kier molecular flexibility index (Phi) is 6.08. The van der Waals surface area contributed by atoms with Gasteiger partial charge < -0.3 is 25.5 Å². The highest BCUT2D eigenvalue weighted by atomic mass is 17.1. The molecular formula is C6H14O7. The zero-order chi connectivity index (χ0) is 10.4. The van der Waals surface area contributed by atoms with E-state index in [2.05, 4.69) is 4.89 Å². The molecule has 0 rings (SSSR count). The number of rotatable bonds is 6. The van der Waals surface area contributed by atoms with Gasteiger partial charge in [-0.25, -0.2) is 4.89 Å². The van der Waals surface area contributed by atoms with Crippen molar-refractivity contribution in [2.45, 2.75) is 24.4 Å². The third-order valence-corrected chi connectivity index (χ3v) is 1.57. The van der Waals surface area contributed by atoms with E-state index in [1.165, 1.54) is 0 Å². The molecule has 0 fully saturated rings. The Labute approximate surface area is 74.4 Å². The molecule has 4 atom stereocenters. The summed E-state index contributed by atoms with van der Waals surface area (Å²) >= 11 is 0. The fourth-order valence-electron chi connectivity index (χ4n) is 0.738. The summed E-state index contributed by atoms with van der Waals surface area (Å²) in [4.78, 5) is 3.52. The van der Waals surface area contributed by atoms with Gasteiger partial charge in [-0.3, -0.25) is 5.26 Å². The first-order valence-corrected chi connectivity index (χ1v) is 3.64. The predicted octanol–water partition coefficient (Wildman–Crippen LogP) is -3.09. The summed E-state index contributed by atoms with van der Waals surface area (Å²) in [5, 5.41) is 52.1. The van der Waals surface area contributed by atoms with Gasteiger partial charge in [0.25, 0.3) is 0 Å². The van der Waals surface area contributed by atoms with Crippen LogP contribution in [0.1, 0.15) is 0 Å². The van der Waals surface area contributed by atoms with Crippen LogP contribution >= 0.6 is 0 Å². The Morgan fingerprint density at radius 2 is 1.38 bits per heavy atom. The minimum Gasteiger partial charge on any atom is -0.394 e. The van der Waals surface area contributed by atoms with Gasteiger partial charge in [0.05, 0.1) is 6.61 Å². The summed E-state index contributed by atoms with van der Waals surface area (Å²) in [6.07, 6.45) is -6.49. The molecule has 0 saturated carbocycles. The van der Waals surface area contributed by atoms with Crippen molar-refractivity contribution in [1.82, 2.24) is 0 Å². The Bertz CT molecular complexity index is 130. The third kappa shape index (κ3) is 3.96. The lowest BCUT2D eigenvalue weighted by atomic mass is 10.0. The number of aliphatic hydroxyl groups excluding tert-OH is 5. The fourth-order valence-corrected chi connectivity index (χ4v) is 0.738. The van der Waals surface area contributed by atoms with E-state index in [1.807, 2.05) is 0 Å². The molecule has 0 aromatic heterocycles. The third-order valence-electron chi connectivity index (χ3n) is 1.57. The molecule has 13 heavy (non-hydrogen) atoms. The second-order valence-corrected chi connectivity index (χ2v) is 2.59. The van der Waals surface area contributed by atoms with Crippen LogP contribution in [-0.2, 0) is 4.89 Å². The summed E-state index contributed by atoms with van der Waals surface area (Å²) in [5.74, 6) is 0. The minimum absolute atomic E-state index is 0.601. The van der Waals surface area contributed by atoms with E-state index >= 15 is 0 Å². The van der Waals surface area contributed by atoms with Crippen molar-refractivity contribution in [3.05, 3.63) is 0 Å². The van der Waals surface area contributed by atoms with E-state index in [0.29, 0.717) is 0 Å². The van der Waals surface area contributed by atoms with Crippen LogP contribution in [0.3, 0.4) is 0 Å². The lowest BCUT2D eigenvalue weighted by Crippen LogP contribution is -2.47. The second-order valence-electron chi connectivity index (χ2n) is 2.59. The summed E-state index contributed by atoms with van der Waals surface area (Å²) in [5.41, 5.74) is 0. The van der Waals surface area contributed by atoms with Crippen LogP contribution in [0.5, 0.6) is 0 Å². The van der Waals surface area contributed by atoms with Crippen LogP contribution in [-0.4, -0.2) is 68.4 Å². The van der Waals surface area contributed by atoms with E-state index in [9.17, 15) is 0 Å². The van der Waals surface area contributed by atoms with Gasteiger partial charge in [-0.2, -0.15) is 0 Å². The van der Waals surface area contributed by atoms with Gasteiger partial charge in [-0.1, -0.05) is 0 Å². The molecule has 0 amide bonds. The molecule has 6 N–H and O–H groups in total. The van der Waals surface area contributed by atoms with E-state index in [-0.39, 0.29) is 0 Å². The SMILES string of the molecule is OC[C@@H](O)[C@@H](O)[C@H](O)[C@H](O)COO. The van der Waals surface area contributed by atoms with E-state index in [1.54, 1.807) is 0 Å². The zero-order valence-electron chi connectivity index (χ0n) is 6.82. The van der Waals surface area contributed by atoms with Gasteiger partial charge in [0, 0.05) is 0 Å². The molecule has 0 spiro atoms. The smallest absolute Gasteiger partial charge is 0.111 e. The van der Waals surface area contributed by atoms with Gasteiger partial charge in [-0.05, 0) is 0 Å². The summed E-state index contributed by atoms with van der Waals surface area (Å²) in [6, 6.07) is 0. The highest BCUT2D eigenvalue weighted by Gasteiger charge is 2.29. The van der Waals surface area contributed by atoms with E-state index < -0.39 is 37.6 Å². The first-order chi connectivity index (χ1) is 6.04. The monoisotopic (exact) mass is 198 g/mol. The molecule has 80 valence electrons. The first-order valence-electron chi connectivity index (χ1n) is 3.64. The molecule has 0 aliphatic carbocycles. The van der Waals surface area contributed by atoms with Crippen molar-refractivity contribution in [1.29, 1.82) is 0 Å². The Morgan fingerprint density at radius 1 is 0.923 bits per heavy atom. The Hall–Kier alpha value is -0.280. The topological polar surface area (TPSA) is 131 Å². The first kappa shape index (κ1) is 12.7. The number of hydrogen-bond acceptors (Lipinski definition) is 7. The minimum atomic E-state index is -1.70. The van der Waals surface area contributed by atoms with Gasteiger partial charge in [0.1, 0.15) is 31.0 Å². The van der Waals surface area contributed by atoms with E-state index in [4.69, 9.17) is 30.8 Å². The molecule has 0 radical (unpaired) electrons. The van der Waals surface area contributed by atoms with Crippen molar-refractivity contribution >= 4 is 0 Å². The van der Waals surface area contributed by atoms with Crippen molar-refractivity contribution < 1.29 is 35.7 Å². The van der Waals surface area contributed by atoms with E-state index in [0.717, 1.165) is 0 Å². The average molecular weight is 198 g/mol. The standard InChI is InChI=1S/C6H14O7/c7-1-3(8)5(10)6(11)4(9)2-13-12/h3-12H,1-2H2/t3-,4-,5-,6-/m1/s1. The molecule has 0 aliphatic heterocycles. The molecule has 0 saturated heterocycles. The maximum absolute atomic E-state index is 9.06. The van der Waals surface area contributed by atoms with Crippen LogP contribution in [0.2, 0.25) is 0 Å². The van der Waals surface area contributed by atoms with Gasteiger partial charge >= 0.3 is 0 Å². The molecule has 0 unspecified atom stereocenters. The molecule has 0 heterocycles. The van der Waals surface area contributed by atoms with Gasteiger partial charge in [0.15, 0.2) is 0 Å². The van der Waals surface area contributed by atoms with Crippen molar-refractivity contribution in [3.63, 3.8) is 0 Å². The quantitative estimate of drug-likeness (QED) is 0.197. The van der Waals surface area contributed by atoms with Crippen molar-refractivity contribution in [3.8, 4) is 0 Å². The van der Waals surface area contributed by atoms with Crippen molar-refractivity contribution in [2.75, 3.05) is 13.2 Å². The summed E-state index contributed by atoms with van der Waals surface area (Å²) in [7, 11) is 0. The number of aliphatic hydroxyl groups is 5. The molecule has 0 bridgehead atoms. The van der Waals surface area contributed by atoms with Crippen LogP contribution in [0, 0.1) is 0 Å². The highest BCUT2D eigenvalue weighted by Crippen LogP contribution is 2.04. The van der Waals surface area contributed by atoms with Crippen LogP contribution < -0.4 is 0 Å². The Balaban J connectivity index is 3.99. The molecule has 0 aromatic carbocycles. The number of hydrogen-bond donors (Lipinski definition) is 6. The zero-order valence-corrected chi connectivity index (χ0v) is 6.82.